The minimum atomic E-state index is 0.791. The van der Waals surface area contributed by atoms with Gasteiger partial charge in [-0.2, -0.15) is 0 Å². The maximum Gasteiger partial charge on any atom is 0.0271 e. The third kappa shape index (κ3) is 4.39. The Kier molecular flexibility index (Phi) is 5.62. The number of likely N-dealkylation sites (tertiary alicyclic amines) is 1. The third-order valence-corrected chi connectivity index (χ3v) is 3.82. The molecule has 1 aromatic rings. The Labute approximate surface area is 111 Å². The zero-order valence-corrected chi connectivity index (χ0v) is 11.4. The Morgan fingerprint density at radius 3 is 2.94 bits per heavy atom. The molecule has 0 radical (unpaired) electrons. The van der Waals surface area contributed by atoms with E-state index in [1.165, 1.54) is 44.3 Å². The van der Waals surface area contributed by atoms with Gasteiger partial charge < -0.3 is 10.2 Å². The molecule has 1 aliphatic heterocycles. The van der Waals surface area contributed by atoms with Crippen molar-refractivity contribution in [1.82, 2.24) is 15.2 Å². The van der Waals surface area contributed by atoms with Gasteiger partial charge in [0.15, 0.2) is 0 Å². The van der Waals surface area contributed by atoms with E-state index < -0.39 is 0 Å². The van der Waals surface area contributed by atoms with Crippen molar-refractivity contribution >= 4 is 0 Å². The predicted molar refractivity (Wildman–Crippen MR) is 75.4 cm³/mol. The number of hydrogen-bond donors (Lipinski definition) is 1. The Morgan fingerprint density at radius 1 is 1.33 bits per heavy atom. The lowest BCUT2D eigenvalue weighted by molar-refractivity contribution is 0.159. The zero-order valence-electron chi connectivity index (χ0n) is 11.4. The highest BCUT2D eigenvalue weighted by atomic mass is 15.2. The first-order chi connectivity index (χ1) is 8.86. The van der Waals surface area contributed by atoms with Gasteiger partial charge in [-0.25, -0.2) is 0 Å². The summed E-state index contributed by atoms with van der Waals surface area (Å²) in [6.07, 6.45) is 9.13. The largest absolute Gasteiger partial charge is 0.313 e. The summed E-state index contributed by atoms with van der Waals surface area (Å²) >= 11 is 0. The van der Waals surface area contributed by atoms with Crippen LogP contribution in [0, 0.1) is 0 Å². The second-order valence-corrected chi connectivity index (χ2v) is 5.27. The standard InChI is InChI=1S/C15H25N3/c1-14-5-2-3-11-18(14)12-4-8-17-13-15-6-9-16-10-7-15/h6-7,9-10,14,17H,2-5,8,11-13H2,1H3. The topological polar surface area (TPSA) is 28.2 Å². The van der Waals surface area contributed by atoms with Crippen molar-refractivity contribution in [2.45, 2.75) is 45.2 Å². The maximum absolute atomic E-state index is 4.02. The average molecular weight is 247 g/mol. The first-order valence-corrected chi connectivity index (χ1v) is 7.20. The first kappa shape index (κ1) is 13.5. The molecule has 0 aromatic carbocycles. The highest BCUT2D eigenvalue weighted by Crippen LogP contribution is 2.15. The van der Waals surface area contributed by atoms with Crippen molar-refractivity contribution in [2.75, 3.05) is 19.6 Å². The number of rotatable bonds is 6. The lowest BCUT2D eigenvalue weighted by Crippen LogP contribution is -2.38. The average Bonchev–Trinajstić information content (AvgIpc) is 2.42. The van der Waals surface area contributed by atoms with E-state index in [0.717, 1.165) is 19.1 Å². The van der Waals surface area contributed by atoms with Crippen molar-refractivity contribution in [3.63, 3.8) is 0 Å². The van der Waals surface area contributed by atoms with Crippen molar-refractivity contribution in [3.8, 4) is 0 Å². The van der Waals surface area contributed by atoms with Crippen LogP contribution in [0.15, 0.2) is 24.5 Å². The van der Waals surface area contributed by atoms with Gasteiger partial charge in [0, 0.05) is 25.0 Å². The molecule has 3 heteroatoms. The summed E-state index contributed by atoms with van der Waals surface area (Å²) in [5.41, 5.74) is 1.32. The summed E-state index contributed by atoms with van der Waals surface area (Å²) in [5.74, 6) is 0. The molecule has 1 aliphatic rings. The van der Waals surface area contributed by atoms with E-state index >= 15 is 0 Å². The fourth-order valence-corrected chi connectivity index (χ4v) is 2.63. The summed E-state index contributed by atoms with van der Waals surface area (Å²) in [7, 11) is 0. The van der Waals surface area contributed by atoms with Crippen molar-refractivity contribution in [2.24, 2.45) is 0 Å². The van der Waals surface area contributed by atoms with Crippen LogP contribution in [-0.2, 0) is 6.54 Å². The molecule has 1 unspecified atom stereocenters. The predicted octanol–water partition coefficient (Wildman–Crippen LogP) is 2.44. The summed E-state index contributed by atoms with van der Waals surface area (Å²) < 4.78 is 0. The van der Waals surface area contributed by atoms with E-state index in [4.69, 9.17) is 0 Å². The second-order valence-electron chi connectivity index (χ2n) is 5.27. The smallest absolute Gasteiger partial charge is 0.0271 e. The Bertz CT molecular complexity index is 326. The zero-order chi connectivity index (χ0) is 12.6. The molecule has 0 spiro atoms. The van der Waals surface area contributed by atoms with E-state index in [0.29, 0.717) is 0 Å². The van der Waals surface area contributed by atoms with E-state index in [1.807, 2.05) is 12.4 Å². The molecule has 1 N–H and O–H groups in total. The molecule has 2 rings (SSSR count). The van der Waals surface area contributed by atoms with Crippen LogP contribution in [0.5, 0.6) is 0 Å². The number of pyridine rings is 1. The van der Waals surface area contributed by atoms with Gasteiger partial charge in [0.1, 0.15) is 0 Å². The van der Waals surface area contributed by atoms with Crippen LogP contribution < -0.4 is 5.32 Å². The van der Waals surface area contributed by atoms with E-state index in [2.05, 4.69) is 34.3 Å². The Hall–Kier alpha value is -0.930. The summed E-state index contributed by atoms with van der Waals surface area (Å²) in [5, 5.41) is 3.50. The van der Waals surface area contributed by atoms with Crippen LogP contribution in [0.4, 0.5) is 0 Å². The highest BCUT2D eigenvalue weighted by molar-refractivity contribution is 5.08. The van der Waals surface area contributed by atoms with Gasteiger partial charge in [-0.3, -0.25) is 4.98 Å². The third-order valence-electron chi connectivity index (χ3n) is 3.82. The Balaban J connectivity index is 1.56. The molecular formula is C15H25N3. The van der Waals surface area contributed by atoms with E-state index in [9.17, 15) is 0 Å². The molecule has 2 heterocycles. The normalized spacial score (nSPS) is 21.1. The number of hydrogen-bond acceptors (Lipinski definition) is 3. The molecule has 1 fully saturated rings. The molecule has 0 aliphatic carbocycles. The molecule has 1 atom stereocenters. The van der Waals surface area contributed by atoms with Gasteiger partial charge in [-0.15, -0.1) is 0 Å². The van der Waals surface area contributed by atoms with Crippen LogP contribution in [0.25, 0.3) is 0 Å². The van der Waals surface area contributed by atoms with Gasteiger partial charge in [0.05, 0.1) is 0 Å². The SMILES string of the molecule is CC1CCCCN1CCCNCc1ccncc1. The van der Waals surface area contributed by atoms with Gasteiger partial charge in [-0.1, -0.05) is 6.42 Å². The van der Waals surface area contributed by atoms with Crippen LogP contribution >= 0.6 is 0 Å². The van der Waals surface area contributed by atoms with Crippen LogP contribution in [0.2, 0.25) is 0 Å². The summed E-state index contributed by atoms with van der Waals surface area (Å²) in [6.45, 7) is 6.96. The number of piperidine rings is 1. The molecule has 18 heavy (non-hydrogen) atoms. The first-order valence-electron chi connectivity index (χ1n) is 7.20. The van der Waals surface area contributed by atoms with Crippen LogP contribution in [-0.4, -0.2) is 35.6 Å². The minimum absolute atomic E-state index is 0.791. The molecule has 0 bridgehead atoms. The second kappa shape index (κ2) is 7.49. The minimum Gasteiger partial charge on any atom is -0.313 e. The monoisotopic (exact) mass is 247 g/mol. The van der Waals surface area contributed by atoms with Crippen molar-refractivity contribution in [3.05, 3.63) is 30.1 Å². The number of aromatic nitrogens is 1. The molecule has 0 amide bonds. The van der Waals surface area contributed by atoms with Crippen LogP contribution in [0.1, 0.15) is 38.2 Å². The van der Waals surface area contributed by atoms with E-state index in [1.54, 1.807) is 0 Å². The highest BCUT2D eigenvalue weighted by Gasteiger charge is 2.16. The fraction of sp³-hybridized carbons (Fsp3) is 0.667. The van der Waals surface area contributed by atoms with Crippen molar-refractivity contribution in [1.29, 1.82) is 0 Å². The molecule has 1 saturated heterocycles. The maximum atomic E-state index is 4.02. The number of nitrogens with zero attached hydrogens (tertiary/aromatic N) is 2. The van der Waals surface area contributed by atoms with Gasteiger partial charge >= 0.3 is 0 Å². The van der Waals surface area contributed by atoms with Gasteiger partial charge in [0.25, 0.3) is 0 Å². The molecule has 1 aromatic heterocycles. The quantitative estimate of drug-likeness (QED) is 0.783. The molecule has 100 valence electrons. The summed E-state index contributed by atoms with van der Waals surface area (Å²) in [6, 6.07) is 4.93. The van der Waals surface area contributed by atoms with Gasteiger partial charge in [0.2, 0.25) is 0 Å². The summed E-state index contributed by atoms with van der Waals surface area (Å²) in [4.78, 5) is 6.66. The van der Waals surface area contributed by atoms with Gasteiger partial charge in [-0.05, 0) is 63.5 Å². The molecule has 0 saturated carbocycles. The van der Waals surface area contributed by atoms with E-state index in [-0.39, 0.29) is 0 Å². The fourth-order valence-electron chi connectivity index (χ4n) is 2.63. The number of nitrogens with one attached hydrogen (secondary N) is 1. The van der Waals surface area contributed by atoms with Crippen molar-refractivity contribution < 1.29 is 0 Å². The van der Waals surface area contributed by atoms with Crippen LogP contribution in [0.3, 0.4) is 0 Å². The Morgan fingerprint density at radius 2 is 2.17 bits per heavy atom. The lowest BCUT2D eigenvalue weighted by Gasteiger charge is -2.33. The molecular weight excluding hydrogens is 222 g/mol. The lowest BCUT2D eigenvalue weighted by atomic mass is 10.0. The molecule has 3 nitrogen and oxygen atoms in total.